The van der Waals surface area contributed by atoms with Crippen molar-refractivity contribution in [1.82, 2.24) is 4.90 Å². The summed E-state index contributed by atoms with van der Waals surface area (Å²) < 4.78 is 0. The van der Waals surface area contributed by atoms with Gasteiger partial charge >= 0.3 is 0 Å². The number of ketones is 1. The summed E-state index contributed by atoms with van der Waals surface area (Å²) in [5, 5.41) is 0. The predicted molar refractivity (Wildman–Crippen MR) is 52.4 cm³/mol. The molecule has 0 rings (SSSR count). The van der Waals surface area contributed by atoms with Gasteiger partial charge in [0.05, 0.1) is 5.54 Å². The molecule has 0 radical (unpaired) electrons. The van der Waals surface area contributed by atoms with E-state index in [0.717, 1.165) is 0 Å². The lowest BCUT2D eigenvalue weighted by Gasteiger charge is -2.34. The van der Waals surface area contributed by atoms with Gasteiger partial charge in [-0.3, -0.25) is 9.59 Å². The van der Waals surface area contributed by atoms with E-state index in [2.05, 4.69) is 0 Å². The molecule has 0 aliphatic heterocycles. The monoisotopic (exact) mass is 185 g/mol. The molecule has 0 heterocycles. The quantitative estimate of drug-likeness (QED) is 0.667. The van der Waals surface area contributed by atoms with E-state index in [4.69, 9.17) is 0 Å². The maximum absolute atomic E-state index is 11.6. The van der Waals surface area contributed by atoms with Crippen molar-refractivity contribution in [2.45, 2.75) is 40.2 Å². The Bertz CT molecular complexity index is 219. The Kier molecular flexibility index (Phi) is 3.64. The highest BCUT2D eigenvalue weighted by atomic mass is 16.2. The van der Waals surface area contributed by atoms with Gasteiger partial charge in [0, 0.05) is 13.0 Å². The minimum absolute atomic E-state index is 0.000185. The maximum Gasteiger partial charge on any atom is 0.225 e. The van der Waals surface area contributed by atoms with Crippen LogP contribution in [0.2, 0.25) is 0 Å². The van der Waals surface area contributed by atoms with Crippen molar-refractivity contribution in [2.75, 3.05) is 7.05 Å². The van der Waals surface area contributed by atoms with E-state index in [9.17, 15) is 9.59 Å². The largest absolute Gasteiger partial charge is 0.333 e. The van der Waals surface area contributed by atoms with Crippen molar-refractivity contribution in [3.05, 3.63) is 0 Å². The number of carbonyl (C=O) groups is 2. The van der Waals surface area contributed by atoms with Crippen LogP contribution in [0.5, 0.6) is 0 Å². The van der Waals surface area contributed by atoms with Crippen LogP contribution in [0.3, 0.4) is 0 Å². The third-order valence-corrected chi connectivity index (χ3v) is 2.52. The molecule has 0 fully saturated rings. The fourth-order valence-corrected chi connectivity index (χ4v) is 0.899. The highest BCUT2D eigenvalue weighted by Gasteiger charge is 2.32. The molecule has 0 unspecified atom stereocenters. The van der Waals surface area contributed by atoms with Crippen molar-refractivity contribution in [3.8, 4) is 0 Å². The summed E-state index contributed by atoms with van der Waals surface area (Å²) in [4.78, 5) is 24.3. The Balaban J connectivity index is 4.68. The second-order valence-electron chi connectivity index (χ2n) is 4.17. The van der Waals surface area contributed by atoms with Crippen LogP contribution < -0.4 is 0 Å². The summed E-state index contributed by atoms with van der Waals surface area (Å²) in [5.41, 5.74) is -0.693. The Morgan fingerprint density at radius 2 is 1.62 bits per heavy atom. The van der Waals surface area contributed by atoms with E-state index in [-0.39, 0.29) is 17.6 Å². The van der Waals surface area contributed by atoms with Gasteiger partial charge in [0.15, 0.2) is 5.78 Å². The molecule has 0 aliphatic carbocycles. The topological polar surface area (TPSA) is 37.4 Å². The number of Topliss-reactive ketones (excluding diaryl/α,β-unsaturated/α-hetero) is 1. The normalized spacial score (nSPS) is 11.6. The van der Waals surface area contributed by atoms with E-state index in [0.29, 0.717) is 0 Å². The molecule has 0 N–H and O–H groups in total. The molecule has 0 aromatic carbocycles. The number of hydrogen-bond acceptors (Lipinski definition) is 2. The molecule has 0 bridgehead atoms. The molecule has 0 atom stereocenters. The molecule has 0 saturated heterocycles. The van der Waals surface area contributed by atoms with Crippen LogP contribution in [0.4, 0.5) is 0 Å². The van der Waals surface area contributed by atoms with Crippen LogP contribution in [-0.4, -0.2) is 29.2 Å². The number of nitrogens with zero attached hydrogens (tertiary/aromatic N) is 1. The highest BCUT2D eigenvalue weighted by Crippen LogP contribution is 2.16. The third-order valence-electron chi connectivity index (χ3n) is 2.52. The standard InChI is InChI=1S/C10H19NO2/c1-7(2)9(13)11(6)10(4,5)8(3)12/h7H,1-6H3. The SMILES string of the molecule is CC(=O)C(C)(C)N(C)C(=O)C(C)C. The molecule has 0 aromatic rings. The zero-order valence-corrected chi connectivity index (χ0v) is 9.34. The van der Waals surface area contributed by atoms with Crippen molar-refractivity contribution < 1.29 is 9.59 Å². The van der Waals surface area contributed by atoms with E-state index >= 15 is 0 Å². The number of amides is 1. The summed E-state index contributed by atoms with van der Waals surface area (Å²) >= 11 is 0. The van der Waals surface area contributed by atoms with E-state index in [1.807, 2.05) is 13.8 Å². The summed E-state index contributed by atoms with van der Waals surface area (Å²) in [6.45, 7) is 8.68. The molecule has 13 heavy (non-hydrogen) atoms. The molecule has 3 heteroatoms. The van der Waals surface area contributed by atoms with Gasteiger partial charge in [-0.2, -0.15) is 0 Å². The fourth-order valence-electron chi connectivity index (χ4n) is 0.899. The van der Waals surface area contributed by atoms with Gasteiger partial charge in [0.2, 0.25) is 5.91 Å². The molecule has 0 saturated carbocycles. The van der Waals surface area contributed by atoms with Gasteiger partial charge < -0.3 is 4.90 Å². The first-order valence-corrected chi connectivity index (χ1v) is 4.50. The van der Waals surface area contributed by atoms with E-state index in [1.54, 1.807) is 20.9 Å². The van der Waals surface area contributed by atoms with Gasteiger partial charge in [-0.1, -0.05) is 13.8 Å². The molecular weight excluding hydrogens is 166 g/mol. The van der Waals surface area contributed by atoms with Crippen molar-refractivity contribution in [3.63, 3.8) is 0 Å². The van der Waals surface area contributed by atoms with Crippen LogP contribution in [-0.2, 0) is 9.59 Å². The summed E-state index contributed by atoms with van der Waals surface area (Å²) in [5.74, 6) is -0.0622. The van der Waals surface area contributed by atoms with Crippen molar-refractivity contribution >= 4 is 11.7 Å². The van der Waals surface area contributed by atoms with Crippen LogP contribution >= 0.6 is 0 Å². The van der Waals surface area contributed by atoms with Gasteiger partial charge in [0.25, 0.3) is 0 Å². The van der Waals surface area contributed by atoms with Gasteiger partial charge in [-0.15, -0.1) is 0 Å². The van der Waals surface area contributed by atoms with Gasteiger partial charge in [-0.05, 0) is 20.8 Å². The Morgan fingerprint density at radius 1 is 1.23 bits per heavy atom. The van der Waals surface area contributed by atoms with Crippen LogP contribution in [0.25, 0.3) is 0 Å². The Morgan fingerprint density at radius 3 is 1.85 bits per heavy atom. The first-order chi connectivity index (χ1) is 5.71. The molecule has 3 nitrogen and oxygen atoms in total. The fraction of sp³-hybridized carbons (Fsp3) is 0.800. The average molecular weight is 185 g/mol. The zero-order chi connectivity index (χ0) is 10.8. The van der Waals surface area contributed by atoms with Crippen molar-refractivity contribution in [1.29, 1.82) is 0 Å². The summed E-state index contributed by atoms with van der Waals surface area (Å²) in [6.07, 6.45) is 0. The highest BCUT2D eigenvalue weighted by molar-refractivity contribution is 5.90. The van der Waals surface area contributed by atoms with Crippen LogP contribution in [0, 0.1) is 5.92 Å². The lowest BCUT2D eigenvalue weighted by Crippen LogP contribution is -2.51. The minimum Gasteiger partial charge on any atom is -0.333 e. The first kappa shape index (κ1) is 12.1. The zero-order valence-electron chi connectivity index (χ0n) is 9.34. The molecule has 0 aliphatic rings. The van der Waals surface area contributed by atoms with Crippen LogP contribution in [0.1, 0.15) is 34.6 Å². The van der Waals surface area contributed by atoms with Crippen molar-refractivity contribution in [2.24, 2.45) is 5.92 Å². The van der Waals surface area contributed by atoms with Crippen LogP contribution in [0.15, 0.2) is 0 Å². The number of likely N-dealkylation sites (N-methyl/N-ethyl adjacent to an activating group) is 1. The Labute approximate surface area is 80.1 Å². The lowest BCUT2D eigenvalue weighted by atomic mass is 9.97. The molecule has 76 valence electrons. The molecular formula is C10H19NO2. The molecule has 0 spiro atoms. The first-order valence-electron chi connectivity index (χ1n) is 4.50. The Hall–Kier alpha value is -0.860. The second-order valence-corrected chi connectivity index (χ2v) is 4.17. The smallest absolute Gasteiger partial charge is 0.225 e. The number of rotatable bonds is 3. The number of carbonyl (C=O) groups excluding carboxylic acids is 2. The third kappa shape index (κ3) is 2.54. The van der Waals surface area contributed by atoms with E-state index in [1.165, 1.54) is 11.8 Å². The van der Waals surface area contributed by atoms with Gasteiger partial charge in [-0.25, -0.2) is 0 Å². The summed E-state index contributed by atoms with van der Waals surface area (Å²) in [6, 6.07) is 0. The predicted octanol–water partition coefficient (Wildman–Crippen LogP) is 1.47. The number of hydrogen-bond donors (Lipinski definition) is 0. The lowest BCUT2D eigenvalue weighted by molar-refractivity contribution is -0.144. The average Bonchev–Trinajstić information content (AvgIpc) is 2.01. The van der Waals surface area contributed by atoms with Gasteiger partial charge in [0.1, 0.15) is 0 Å². The maximum atomic E-state index is 11.6. The van der Waals surface area contributed by atoms with E-state index < -0.39 is 5.54 Å². The summed E-state index contributed by atoms with van der Waals surface area (Å²) in [7, 11) is 1.67. The minimum atomic E-state index is -0.693. The molecule has 0 aromatic heterocycles. The molecule has 1 amide bonds. The second kappa shape index (κ2) is 3.90.